The van der Waals surface area contributed by atoms with Crippen molar-refractivity contribution in [2.75, 3.05) is 32.8 Å². The lowest BCUT2D eigenvalue weighted by Gasteiger charge is -2.31. The molecule has 0 bridgehead atoms. The van der Waals surface area contributed by atoms with Gasteiger partial charge in [-0.15, -0.1) is 12.4 Å². The molecule has 2 saturated carbocycles. The van der Waals surface area contributed by atoms with Crippen LogP contribution >= 0.6 is 12.4 Å². The third-order valence-corrected chi connectivity index (χ3v) is 7.42. The van der Waals surface area contributed by atoms with Crippen LogP contribution in [0.3, 0.4) is 0 Å². The first kappa shape index (κ1) is 19.8. The van der Waals surface area contributed by atoms with E-state index in [2.05, 4.69) is 22.8 Å². The van der Waals surface area contributed by atoms with Gasteiger partial charge in [0.15, 0.2) is 11.5 Å². The summed E-state index contributed by atoms with van der Waals surface area (Å²) in [4.78, 5) is 12.9. The molecule has 3 fully saturated rings. The van der Waals surface area contributed by atoms with Gasteiger partial charge in [0.2, 0.25) is 5.91 Å². The number of rotatable bonds is 4. The smallest absolute Gasteiger partial charge is 0.223 e. The highest BCUT2D eigenvalue weighted by atomic mass is 35.5. The monoisotopic (exact) mass is 406 g/mol. The Labute approximate surface area is 173 Å². The van der Waals surface area contributed by atoms with Crippen LogP contribution in [0.15, 0.2) is 18.2 Å². The molecule has 0 aromatic heterocycles. The third-order valence-electron chi connectivity index (χ3n) is 7.42. The van der Waals surface area contributed by atoms with Gasteiger partial charge >= 0.3 is 0 Å². The molecule has 5 rings (SSSR count). The number of halogens is 1. The van der Waals surface area contributed by atoms with Crippen molar-refractivity contribution in [3.63, 3.8) is 0 Å². The molecule has 154 valence electrons. The van der Waals surface area contributed by atoms with E-state index in [0.29, 0.717) is 18.6 Å². The Hall–Kier alpha value is -1.46. The average molecular weight is 407 g/mol. The number of amides is 1. The Morgan fingerprint density at radius 1 is 1.07 bits per heavy atom. The van der Waals surface area contributed by atoms with Gasteiger partial charge in [0.05, 0.1) is 0 Å². The maximum absolute atomic E-state index is 12.9. The van der Waals surface area contributed by atoms with Gasteiger partial charge in [-0.25, -0.2) is 0 Å². The van der Waals surface area contributed by atoms with Crippen LogP contribution in [0, 0.1) is 11.3 Å². The average Bonchev–Trinajstić information content (AvgIpc) is 3.18. The lowest BCUT2D eigenvalue weighted by molar-refractivity contribution is -0.123. The van der Waals surface area contributed by atoms with Crippen LogP contribution in [0.4, 0.5) is 0 Å². The van der Waals surface area contributed by atoms with E-state index in [4.69, 9.17) is 9.47 Å². The van der Waals surface area contributed by atoms with Crippen molar-refractivity contribution in [2.45, 2.75) is 50.4 Å². The summed E-state index contributed by atoms with van der Waals surface area (Å²) in [5.41, 5.74) is 1.63. The van der Waals surface area contributed by atoms with E-state index >= 15 is 0 Å². The van der Waals surface area contributed by atoms with Crippen LogP contribution in [0.2, 0.25) is 0 Å². The number of piperidine rings is 1. The molecule has 0 radical (unpaired) electrons. The van der Waals surface area contributed by atoms with Crippen molar-refractivity contribution in [1.29, 1.82) is 0 Å². The minimum Gasteiger partial charge on any atom is -0.486 e. The normalized spacial score (nSPS) is 26.4. The summed E-state index contributed by atoms with van der Waals surface area (Å²) < 4.78 is 11.5. The summed E-state index contributed by atoms with van der Waals surface area (Å²) in [5, 5.41) is 6.76. The Morgan fingerprint density at radius 2 is 1.79 bits per heavy atom. The molecule has 6 heteroatoms. The fourth-order valence-corrected chi connectivity index (χ4v) is 5.57. The van der Waals surface area contributed by atoms with Gasteiger partial charge in [0.25, 0.3) is 0 Å². The summed E-state index contributed by atoms with van der Waals surface area (Å²) >= 11 is 0. The van der Waals surface area contributed by atoms with Crippen molar-refractivity contribution in [2.24, 2.45) is 11.3 Å². The SMILES string of the molecule is Cl.O=C(NCC1(c2ccc3c(c2)OCCO3)CCCC1)C1CC12CCNCC2. The first-order valence-corrected chi connectivity index (χ1v) is 10.6. The first-order valence-electron chi connectivity index (χ1n) is 10.6. The molecule has 1 spiro atoms. The van der Waals surface area contributed by atoms with E-state index in [0.717, 1.165) is 63.2 Å². The molecule has 2 N–H and O–H groups in total. The molecular formula is C22H31ClN2O3. The fraction of sp³-hybridized carbons (Fsp3) is 0.682. The molecule has 28 heavy (non-hydrogen) atoms. The molecule has 1 amide bonds. The van der Waals surface area contributed by atoms with Crippen LogP contribution in [0.5, 0.6) is 11.5 Å². The zero-order valence-electron chi connectivity index (χ0n) is 16.4. The van der Waals surface area contributed by atoms with Crippen LogP contribution in [0.1, 0.15) is 50.5 Å². The first-order chi connectivity index (χ1) is 13.2. The quantitative estimate of drug-likeness (QED) is 0.806. The van der Waals surface area contributed by atoms with Crippen LogP contribution < -0.4 is 20.1 Å². The van der Waals surface area contributed by atoms with Crippen LogP contribution in [0.25, 0.3) is 0 Å². The van der Waals surface area contributed by atoms with E-state index < -0.39 is 0 Å². The van der Waals surface area contributed by atoms with Gasteiger partial charge in [-0.1, -0.05) is 18.9 Å². The minimum atomic E-state index is 0. The van der Waals surface area contributed by atoms with E-state index in [-0.39, 0.29) is 29.6 Å². The largest absolute Gasteiger partial charge is 0.486 e. The number of hydrogen-bond donors (Lipinski definition) is 2. The Balaban J connectivity index is 0.00000192. The predicted molar refractivity (Wildman–Crippen MR) is 110 cm³/mol. The van der Waals surface area contributed by atoms with Gasteiger partial charge in [-0.3, -0.25) is 4.79 Å². The van der Waals surface area contributed by atoms with Gasteiger partial charge in [-0.2, -0.15) is 0 Å². The lowest BCUT2D eigenvalue weighted by Crippen LogP contribution is -2.41. The van der Waals surface area contributed by atoms with Crippen LogP contribution in [-0.4, -0.2) is 38.8 Å². The topological polar surface area (TPSA) is 59.6 Å². The minimum absolute atomic E-state index is 0. The number of nitrogens with one attached hydrogen (secondary N) is 2. The Kier molecular flexibility index (Phi) is 5.49. The molecule has 1 unspecified atom stereocenters. The standard InChI is InChI=1S/C22H30N2O3.ClH/c25-20(17-14-21(17)7-9-23-10-8-21)24-15-22(5-1-2-6-22)16-3-4-18-19(13-16)27-12-11-26-18;/h3-4,13,17,23H,1-2,5-12,14-15H2,(H,24,25);1H. The van der Waals surface area contributed by atoms with E-state index in [9.17, 15) is 4.79 Å². The highest BCUT2D eigenvalue weighted by Crippen LogP contribution is 2.58. The van der Waals surface area contributed by atoms with Gasteiger partial charge < -0.3 is 20.1 Å². The molecule has 2 aliphatic carbocycles. The van der Waals surface area contributed by atoms with E-state index in [1.807, 2.05) is 6.07 Å². The third kappa shape index (κ3) is 3.48. The highest BCUT2D eigenvalue weighted by Gasteiger charge is 2.57. The van der Waals surface area contributed by atoms with Crippen molar-refractivity contribution in [3.8, 4) is 11.5 Å². The van der Waals surface area contributed by atoms with Crippen molar-refractivity contribution < 1.29 is 14.3 Å². The summed E-state index contributed by atoms with van der Waals surface area (Å²) in [7, 11) is 0. The number of hydrogen-bond acceptors (Lipinski definition) is 4. The Bertz CT molecular complexity index is 726. The lowest BCUT2D eigenvalue weighted by atomic mass is 9.78. The molecule has 2 aliphatic heterocycles. The number of fused-ring (bicyclic) bond motifs is 1. The fourth-order valence-electron chi connectivity index (χ4n) is 5.57. The summed E-state index contributed by atoms with van der Waals surface area (Å²) in [6.07, 6.45) is 8.10. The zero-order chi connectivity index (χ0) is 18.3. The molecule has 4 aliphatic rings. The second kappa shape index (κ2) is 7.75. The number of carbonyl (C=O) groups is 1. The maximum atomic E-state index is 12.9. The molecule has 1 saturated heterocycles. The summed E-state index contributed by atoms with van der Waals surface area (Å²) in [5.74, 6) is 2.21. The zero-order valence-corrected chi connectivity index (χ0v) is 17.2. The van der Waals surface area contributed by atoms with Crippen LogP contribution in [-0.2, 0) is 10.2 Å². The van der Waals surface area contributed by atoms with Gasteiger partial charge in [-0.05, 0) is 68.3 Å². The Morgan fingerprint density at radius 3 is 2.54 bits per heavy atom. The van der Waals surface area contributed by atoms with Crippen molar-refractivity contribution in [3.05, 3.63) is 23.8 Å². The highest BCUT2D eigenvalue weighted by molar-refractivity contribution is 5.85. The summed E-state index contributed by atoms with van der Waals surface area (Å²) in [6, 6.07) is 6.37. The van der Waals surface area contributed by atoms with Gasteiger partial charge in [0.1, 0.15) is 13.2 Å². The molecule has 5 nitrogen and oxygen atoms in total. The number of carbonyl (C=O) groups excluding carboxylic acids is 1. The van der Waals surface area contributed by atoms with E-state index in [1.54, 1.807) is 0 Å². The van der Waals surface area contributed by atoms with Crippen molar-refractivity contribution >= 4 is 18.3 Å². The molecule has 1 atom stereocenters. The predicted octanol–water partition coefficient (Wildman–Crippen LogP) is 3.20. The maximum Gasteiger partial charge on any atom is 0.223 e. The second-order valence-electron chi connectivity index (χ2n) is 8.93. The van der Waals surface area contributed by atoms with E-state index in [1.165, 1.54) is 18.4 Å². The van der Waals surface area contributed by atoms with Gasteiger partial charge in [0, 0.05) is 17.9 Å². The number of benzene rings is 1. The number of ether oxygens (including phenoxy) is 2. The molecule has 1 aromatic carbocycles. The molecular weight excluding hydrogens is 376 g/mol. The second-order valence-corrected chi connectivity index (χ2v) is 8.93. The van der Waals surface area contributed by atoms with Crippen molar-refractivity contribution in [1.82, 2.24) is 10.6 Å². The summed E-state index contributed by atoms with van der Waals surface area (Å²) in [6.45, 7) is 4.09. The molecule has 2 heterocycles. The molecule has 1 aromatic rings.